The van der Waals surface area contributed by atoms with E-state index in [0.29, 0.717) is 5.75 Å². The van der Waals surface area contributed by atoms with Gasteiger partial charge in [0.05, 0.1) is 11.2 Å². The monoisotopic (exact) mass is 285 g/mol. The number of benzene rings is 1. The Bertz CT molecular complexity index is 766. The minimum atomic E-state index is -0.971. The van der Waals surface area contributed by atoms with Gasteiger partial charge in [-0.15, -0.1) is 11.3 Å². The lowest BCUT2D eigenvalue weighted by molar-refractivity contribution is 0.0697. The number of pyridine rings is 1. The molecule has 0 spiro atoms. The number of nitrogens with zero attached hydrogens (tertiary/aromatic N) is 1. The van der Waals surface area contributed by atoms with Crippen molar-refractivity contribution < 1.29 is 14.6 Å². The van der Waals surface area contributed by atoms with E-state index in [1.54, 1.807) is 11.4 Å². The zero-order valence-electron chi connectivity index (χ0n) is 10.4. The molecule has 0 aliphatic rings. The molecule has 0 unspecified atom stereocenters. The second-order valence-electron chi connectivity index (χ2n) is 4.20. The summed E-state index contributed by atoms with van der Waals surface area (Å²) in [6.45, 7) is 0.252. The Labute approximate surface area is 119 Å². The van der Waals surface area contributed by atoms with Crippen molar-refractivity contribution in [1.82, 2.24) is 4.98 Å². The first kappa shape index (κ1) is 12.6. The third-order valence-electron chi connectivity index (χ3n) is 2.85. The third-order valence-corrected chi connectivity index (χ3v) is 3.74. The summed E-state index contributed by atoms with van der Waals surface area (Å²) in [7, 11) is 0. The number of rotatable bonds is 4. The molecule has 4 nitrogen and oxygen atoms in total. The van der Waals surface area contributed by atoms with E-state index in [9.17, 15) is 4.79 Å². The van der Waals surface area contributed by atoms with Gasteiger partial charge in [-0.2, -0.15) is 0 Å². The first-order valence-corrected chi connectivity index (χ1v) is 6.90. The van der Waals surface area contributed by atoms with Gasteiger partial charge < -0.3 is 9.84 Å². The molecule has 0 radical (unpaired) electrons. The van der Waals surface area contributed by atoms with E-state index in [2.05, 4.69) is 4.98 Å². The van der Waals surface area contributed by atoms with Crippen molar-refractivity contribution in [2.45, 2.75) is 6.61 Å². The number of carboxylic acids is 1. The lowest BCUT2D eigenvalue weighted by Crippen LogP contribution is -2.01. The molecule has 1 N–H and O–H groups in total. The summed E-state index contributed by atoms with van der Waals surface area (Å²) in [4.78, 5) is 15.7. The number of hydrogen-bond donors (Lipinski definition) is 1. The van der Waals surface area contributed by atoms with Crippen LogP contribution in [0.5, 0.6) is 5.75 Å². The highest BCUT2D eigenvalue weighted by Gasteiger charge is 2.13. The van der Waals surface area contributed by atoms with Gasteiger partial charge in [0.25, 0.3) is 0 Å². The number of ether oxygens (including phenoxy) is 1. The van der Waals surface area contributed by atoms with Crippen LogP contribution in [0.15, 0.2) is 47.8 Å². The average molecular weight is 285 g/mol. The van der Waals surface area contributed by atoms with E-state index in [1.807, 2.05) is 36.4 Å². The van der Waals surface area contributed by atoms with Crippen LogP contribution in [-0.2, 0) is 6.61 Å². The van der Waals surface area contributed by atoms with E-state index in [1.165, 1.54) is 0 Å². The number of fused-ring (bicyclic) bond motifs is 1. The number of aromatic nitrogens is 1. The van der Waals surface area contributed by atoms with Gasteiger partial charge in [0.2, 0.25) is 0 Å². The van der Waals surface area contributed by atoms with Crippen LogP contribution in [-0.4, -0.2) is 16.1 Å². The first-order valence-electron chi connectivity index (χ1n) is 6.02. The molecule has 1 aromatic carbocycles. The fourth-order valence-electron chi connectivity index (χ4n) is 1.91. The van der Waals surface area contributed by atoms with Crippen molar-refractivity contribution in [2.75, 3.05) is 0 Å². The molecule has 0 fully saturated rings. The van der Waals surface area contributed by atoms with Gasteiger partial charge in [-0.1, -0.05) is 24.3 Å². The van der Waals surface area contributed by atoms with Crippen LogP contribution in [0, 0.1) is 0 Å². The quantitative estimate of drug-likeness (QED) is 0.796. The Kier molecular flexibility index (Phi) is 3.35. The molecular formula is C15H11NO3S. The Balaban J connectivity index is 1.79. The van der Waals surface area contributed by atoms with Crippen LogP contribution >= 0.6 is 11.3 Å². The van der Waals surface area contributed by atoms with Crippen LogP contribution in [0.1, 0.15) is 15.4 Å². The van der Waals surface area contributed by atoms with E-state index >= 15 is 0 Å². The van der Waals surface area contributed by atoms with Gasteiger partial charge >= 0.3 is 5.97 Å². The van der Waals surface area contributed by atoms with Gasteiger partial charge in [0.15, 0.2) is 4.88 Å². The van der Waals surface area contributed by atoms with Crippen LogP contribution in [0.25, 0.3) is 10.9 Å². The smallest absolute Gasteiger partial charge is 0.349 e. The minimum Gasteiger partial charge on any atom is -0.486 e. The zero-order valence-corrected chi connectivity index (χ0v) is 11.3. The number of aromatic carboxylic acids is 1. The Morgan fingerprint density at radius 2 is 2.05 bits per heavy atom. The largest absolute Gasteiger partial charge is 0.486 e. The molecule has 5 heteroatoms. The summed E-state index contributed by atoms with van der Waals surface area (Å²) in [6, 6.07) is 13.4. The molecule has 0 amide bonds. The molecule has 3 aromatic rings. The predicted octanol–water partition coefficient (Wildman–Crippen LogP) is 3.57. The number of thiophene rings is 1. The fourth-order valence-corrected chi connectivity index (χ4v) is 2.58. The zero-order chi connectivity index (χ0) is 13.9. The van der Waals surface area contributed by atoms with Gasteiger partial charge in [-0.25, -0.2) is 9.78 Å². The molecule has 0 bridgehead atoms. The molecule has 2 aromatic heterocycles. The summed E-state index contributed by atoms with van der Waals surface area (Å²) in [5.74, 6) is -0.584. The van der Waals surface area contributed by atoms with E-state index in [0.717, 1.165) is 27.9 Å². The Hall–Kier alpha value is -2.40. The normalized spacial score (nSPS) is 10.6. The number of carboxylic acid groups (broad SMARTS) is 1. The SMILES string of the molecule is O=C(O)c1sccc1OCc1ccc2ccccc2n1. The molecule has 20 heavy (non-hydrogen) atoms. The van der Waals surface area contributed by atoms with Crippen LogP contribution in [0.3, 0.4) is 0 Å². The number of hydrogen-bond acceptors (Lipinski definition) is 4. The van der Waals surface area contributed by atoms with Crippen molar-refractivity contribution in [1.29, 1.82) is 0 Å². The number of para-hydroxylation sites is 1. The Morgan fingerprint density at radius 1 is 1.20 bits per heavy atom. The van der Waals surface area contributed by atoms with Crippen molar-refractivity contribution >= 4 is 28.2 Å². The van der Waals surface area contributed by atoms with Crippen molar-refractivity contribution in [3.63, 3.8) is 0 Å². The second kappa shape index (κ2) is 5.30. The summed E-state index contributed by atoms with van der Waals surface area (Å²) in [5, 5.41) is 11.8. The first-order chi connectivity index (χ1) is 9.74. The lowest BCUT2D eigenvalue weighted by Gasteiger charge is -2.06. The molecule has 0 saturated heterocycles. The van der Waals surface area contributed by atoms with E-state index in [-0.39, 0.29) is 11.5 Å². The predicted molar refractivity (Wildman–Crippen MR) is 77.4 cm³/mol. The van der Waals surface area contributed by atoms with Crippen molar-refractivity contribution in [2.24, 2.45) is 0 Å². The van der Waals surface area contributed by atoms with Crippen LogP contribution < -0.4 is 4.74 Å². The van der Waals surface area contributed by atoms with Gasteiger partial charge in [-0.3, -0.25) is 0 Å². The summed E-state index contributed by atoms with van der Waals surface area (Å²) in [5.41, 5.74) is 1.67. The van der Waals surface area contributed by atoms with E-state index < -0.39 is 5.97 Å². The maximum Gasteiger partial charge on any atom is 0.349 e. The summed E-state index contributed by atoms with van der Waals surface area (Å²) < 4.78 is 5.54. The highest BCUT2D eigenvalue weighted by molar-refractivity contribution is 7.12. The minimum absolute atomic E-state index is 0.214. The highest BCUT2D eigenvalue weighted by atomic mass is 32.1. The molecule has 2 heterocycles. The maximum atomic E-state index is 11.0. The molecule has 100 valence electrons. The molecular weight excluding hydrogens is 274 g/mol. The topological polar surface area (TPSA) is 59.4 Å². The van der Waals surface area contributed by atoms with Crippen molar-refractivity contribution in [3.8, 4) is 5.75 Å². The molecule has 0 aliphatic carbocycles. The molecule has 0 atom stereocenters. The van der Waals surface area contributed by atoms with Gasteiger partial charge in [0.1, 0.15) is 12.4 Å². The summed E-state index contributed by atoms with van der Waals surface area (Å²) in [6.07, 6.45) is 0. The van der Waals surface area contributed by atoms with Gasteiger partial charge in [-0.05, 0) is 23.6 Å². The maximum absolute atomic E-state index is 11.0. The van der Waals surface area contributed by atoms with Crippen LogP contribution in [0.2, 0.25) is 0 Å². The third kappa shape index (κ3) is 2.48. The molecule has 3 rings (SSSR count). The Morgan fingerprint density at radius 3 is 2.90 bits per heavy atom. The fraction of sp³-hybridized carbons (Fsp3) is 0.0667. The summed E-state index contributed by atoms with van der Waals surface area (Å²) >= 11 is 1.15. The standard InChI is InChI=1S/C15H11NO3S/c17-15(18)14-13(7-8-20-14)19-9-11-6-5-10-3-1-2-4-12(10)16-11/h1-8H,9H2,(H,17,18). The van der Waals surface area contributed by atoms with E-state index in [4.69, 9.17) is 9.84 Å². The lowest BCUT2D eigenvalue weighted by atomic mass is 10.2. The second-order valence-corrected chi connectivity index (χ2v) is 5.12. The van der Waals surface area contributed by atoms with Crippen LogP contribution in [0.4, 0.5) is 0 Å². The van der Waals surface area contributed by atoms with Gasteiger partial charge in [0, 0.05) is 5.39 Å². The van der Waals surface area contributed by atoms with Crippen molar-refractivity contribution in [3.05, 3.63) is 58.4 Å². The number of carbonyl (C=O) groups is 1. The molecule has 0 saturated carbocycles. The molecule has 0 aliphatic heterocycles. The average Bonchev–Trinajstić information content (AvgIpc) is 2.93. The highest BCUT2D eigenvalue weighted by Crippen LogP contribution is 2.25.